The van der Waals surface area contributed by atoms with Crippen LogP contribution >= 0.6 is 0 Å². The number of aryl methyl sites for hydroxylation is 1. The van der Waals surface area contributed by atoms with Gasteiger partial charge in [-0.1, -0.05) is 32.9 Å². The van der Waals surface area contributed by atoms with Crippen LogP contribution in [0, 0.1) is 12.7 Å². The summed E-state index contributed by atoms with van der Waals surface area (Å²) in [7, 11) is 0. The Kier molecular flexibility index (Phi) is 6.00. The van der Waals surface area contributed by atoms with E-state index in [-0.39, 0.29) is 23.6 Å². The van der Waals surface area contributed by atoms with Gasteiger partial charge >= 0.3 is 0 Å². The Labute approximate surface area is 191 Å². The third-order valence-electron chi connectivity index (χ3n) is 5.07. The SMILES string of the molecule is Cc1cc(CC(=O)Nc2cc(C(C)(C)C)ncn2)ccc1Oc1ncnc2ccc(F)cc12. The van der Waals surface area contributed by atoms with Crippen LogP contribution in [0.2, 0.25) is 0 Å². The molecule has 0 fully saturated rings. The predicted octanol–water partition coefficient (Wildman–Crippen LogP) is 5.14. The Morgan fingerprint density at radius 3 is 2.55 bits per heavy atom. The molecule has 0 saturated carbocycles. The smallest absolute Gasteiger partial charge is 0.230 e. The maximum atomic E-state index is 13.7. The largest absolute Gasteiger partial charge is 0.438 e. The lowest BCUT2D eigenvalue weighted by atomic mass is 9.92. The van der Waals surface area contributed by atoms with Crippen LogP contribution in [-0.4, -0.2) is 25.8 Å². The monoisotopic (exact) mass is 445 g/mol. The summed E-state index contributed by atoms with van der Waals surface area (Å²) in [6.07, 6.45) is 3.01. The molecule has 2 heterocycles. The van der Waals surface area contributed by atoms with Gasteiger partial charge in [0.15, 0.2) is 0 Å². The van der Waals surface area contributed by atoms with Gasteiger partial charge in [-0.05, 0) is 42.3 Å². The molecule has 0 bridgehead atoms. The number of carbonyl (C=O) groups excluding carboxylic acids is 1. The number of fused-ring (bicyclic) bond motifs is 1. The molecule has 0 aliphatic rings. The molecule has 0 spiro atoms. The first-order valence-corrected chi connectivity index (χ1v) is 10.5. The fraction of sp³-hybridized carbons (Fsp3) is 0.240. The lowest BCUT2D eigenvalue weighted by Gasteiger charge is -2.17. The van der Waals surface area contributed by atoms with Gasteiger partial charge in [0.05, 0.1) is 23.0 Å². The van der Waals surface area contributed by atoms with Gasteiger partial charge in [0.25, 0.3) is 0 Å². The number of benzene rings is 2. The molecule has 2 aromatic carbocycles. The topological polar surface area (TPSA) is 89.9 Å². The van der Waals surface area contributed by atoms with Crippen molar-refractivity contribution in [1.82, 2.24) is 19.9 Å². The van der Waals surface area contributed by atoms with Crippen molar-refractivity contribution in [1.29, 1.82) is 0 Å². The summed E-state index contributed by atoms with van der Waals surface area (Å²) in [5.41, 5.74) is 2.94. The number of carbonyl (C=O) groups is 1. The fourth-order valence-electron chi connectivity index (χ4n) is 3.33. The second-order valence-corrected chi connectivity index (χ2v) is 8.81. The van der Waals surface area contributed by atoms with E-state index < -0.39 is 5.82 Å². The molecule has 0 saturated heterocycles. The second kappa shape index (κ2) is 8.90. The summed E-state index contributed by atoms with van der Waals surface area (Å²) in [5.74, 6) is 0.734. The average molecular weight is 445 g/mol. The standard InChI is InChI=1S/C25H24FN5O2/c1-15-9-16(10-23(32)31-22-12-21(25(2,3)4)28-14-29-22)5-8-20(15)33-24-18-11-17(26)6-7-19(18)27-13-30-24/h5-9,11-14H,10H2,1-4H3,(H,28,29,31,32). The van der Waals surface area contributed by atoms with Gasteiger partial charge in [-0.15, -0.1) is 0 Å². The molecule has 8 heteroatoms. The van der Waals surface area contributed by atoms with E-state index in [4.69, 9.17) is 4.74 Å². The molecule has 168 valence electrons. The number of ether oxygens (including phenoxy) is 1. The normalized spacial score (nSPS) is 11.4. The number of nitrogens with zero attached hydrogens (tertiary/aromatic N) is 4. The molecule has 2 aromatic heterocycles. The van der Waals surface area contributed by atoms with Gasteiger partial charge in [0.1, 0.15) is 30.0 Å². The number of hydrogen-bond donors (Lipinski definition) is 1. The Hall–Kier alpha value is -3.94. The number of amides is 1. The van der Waals surface area contributed by atoms with Crippen LogP contribution < -0.4 is 10.1 Å². The number of anilines is 1. The van der Waals surface area contributed by atoms with Crippen molar-refractivity contribution in [3.63, 3.8) is 0 Å². The highest BCUT2D eigenvalue weighted by Gasteiger charge is 2.17. The van der Waals surface area contributed by atoms with E-state index in [1.807, 2.05) is 39.8 Å². The highest BCUT2D eigenvalue weighted by atomic mass is 19.1. The van der Waals surface area contributed by atoms with Crippen molar-refractivity contribution in [2.45, 2.75) is 39.5 Å². The molecule has 4 aromatic rings. The molecule has 1 amide bonds. The highest BCUT2D eigenvalue weighted by molar-refractivity contribution is 5.91. The van der Waals surface area contributed by atoms with Crippen LogP contribution in [0.15, 0.2) is 55.1 Å². The van der Waals surface area contributed by atoms with E-state index in [1.165, 1.54) is 24.8 Å². The molecule has 0 unspecified atom stereocenters. The van der Waals surface area contributed by atoms with Crippen molar-refractivity contribution in [3.05, 3.63) is 77.8 Å². The minimum Gasteiger partial charge on any atom is -0.438 e. The molecular weight excluding hydrogens is 421 g/mol. The summed E-state index contributed by atoms with van der Waals surface area (Å²) in [5, 5.41) is 3.31. The second-order valence-electron chi connectivity index (χ2n) is 8.81. The maximum Gasteiger partial charge on any atom is 0.230 e. The van der Waals surface area contributed by atoms with E-state index in [0.717, 1.165) is 16.8 Å². The first-order chi connectivity index (χ1) is 15.7. The van der Waals surface area contributed by atoms with Crippen LogP contribution in [0.25, 0.3) is 10.9 Å². The van der Waals surface area contributed by atoms with Crippen molar-refractivity contribution in [2.24, 2.45) is 0 Å². The molecule has 0 aliphatic heterocycles. The summed E-state index contributed by atoms with van der Waals surface area (Å²) in [6.45, 7) is 8.02. The first-order valence-electron chi connectivity index (χ1n) is 10.5. The van der Waals surface area contributed by atoms with Crippen molar-refractivity contribution < 1.29 is 13.9 Å². The lowest BCUT2D eigenvalue weighted by molar-refractivity contribution is -0.115. The molecule has 0 radical (unpaired) electrons. The lowest BCUT2D eigenvalue weighted by Crippen LogP contribution is -2.18. The zero-order valence-corrected chi connectivity index (χ0v) is 18.9. The summed E-state index contributed by atoms with van der Waals surface area (Å²) in [6, 6.07) is 11.5. The quantitative estimate of drug-likeness (QED) is 0.458. The van der Waals surface area contributed by atoms with Crippen LogP contribution in [0.1, 0.15) is 37.6 Å². The van der Waals surface area contributed by atoms with Gasteiger partial charge in [-0.2, -0.15) is 0 Å². The van der Waals surface area contributed by atoms with Gasteiger partial charge < -0.3 is 10.1 Å². The van der Waals surface area contributed by atoms with E-state index in [2.05, 4.69) is 25.3 Å². The Balaban J connectivity index is 1.47. The number of halogens is 1. The van der Waals surface area contributed by atoms with Gasteiger partial charge in [0.2, 0.25) is 11.8 Å². The van der Waals surface area contributed by atoms with E-state index in [9.17, 15) is 9.18 Å². The van der Waals surface area contributed by atoms with E-state index >= 15 is 0 Å². The Morgan fingerprint density at radius 2 is 1.79 bits per heavy atom. The average Bonchev–Trinajstić information content (AvgIpc) is 2.75. The summed E-state index contributed by atoms with van der Waals surface area (Å²) in [4.78, 5) is 29.3. The zero-order chi connectivity index (χ0) is 23.6. The van der Waals surface area contributed by atoms with Crippen LogP contribution in [-0.2, 0) is 16.6 Å². The van der Waals surface area contributed by atoms with Crippen LogP contribution in [0.5, 0.6) is 11.6 Å². The molecule has 1 N–H and O–H groups in total. The fourth-order valence-corrected chi connectivity index (χ4v) is 3.33. The van der Waals surface area contributed by atoms with Crippen molar-refractivity contribution in [2.75, 3.05) is 5.32 Å². The summed E-state index contributed by atoms with van der Waals surface area (Å²) >= 11 is 0. The third-order valence-corrected chi connectivity index (χ3v) is 5.07. The number of nitrogens with one attached hydrogen (secondary N) is 1. The molecule has 7 nitrogen and oxygen atoms in total. The van der Waals surface area contributed by atoms with Gasteiger partial charge in [0, 0.05) is 11.5 Å². The minimum absolute atomic E-state index is 0.143. The Morgan fingerprint density at radius 1 is 1.00 bits per heavy atom. The zero-order valence-electron chi connectivity index (χ0n) is 18.9. The molecule has 0 atom stereocenters. The maximum absolute atomic E-state index is 13.7. The number of rotatable bonds is 5. The molecule has 33 heavy (non-hydrogen) atoms. The van der Waals surface area contributed by atoms with E-state index in [0.29, 0.717) is 22.5 Å². The summed E-state index contributed by atoms with van der Waals surface area (Å²) < 4.78 is 19.6. The van der Waals surface area contributed by atoms with Crippen LogP contribution in [0.4, 0.5) is 10.2 Å². The number of aromatic nitrogens is 4. The third kappa shape index (κ3) is 5.28. The number of hydrogen-bond acceptors (Lipinski definition) is 6. The van der Waals surface area contributed by atoms with Crippen molar-refractivity contribution >= 4 is 22.6 Å². The highest BCUT2D eigenvalue weighted by Crippen LogP contribution is 2.30. The van der Waals surface area contributed by atoms with Crippen molar-refractivity contribution in [3.8, 4) is 11.6 Å². The van der Waals surface area contributed by atoms with E-state index in [1.54, 1.807) is 18.2 Å². The predicted molar refractivity (Wildman–Crippen MR) is 124 cm³/mol. The van der Waals surface area contributed by atoms with Gasteiger partial charge in [-0.3, -0.25) is 4.79 Å². The molecule has 0 aliphatic carbocycles. The first kappa shape index (κ1) is 22.3. The molecule has 4 rings (SSSR count). The Bertz CT molecular complexity index is 1330. The van der Waals surface area contributed by atoms with Crippen LogP contribution in [0.3, 0.4) is 0 Å². The minimum atomic E-state index is -0.390. The van der Waals surface area contributed by atoms with Gasteiger partial charge in [-0.25, -0.2) is 24.3 Å². The molecular formula is C25H24FN5O2.